The van der Waals surface area contributed by atoms with E-state index in [0.29, 0.717) is 49.4 Å². The number of carbonyl (C=O) groups excluding carboxylic acids is 3. The molecule has 12 nitrogen and oxygen atoms in total. The van der Waals surface area contributed by atoms with E-state index in [4.69, 9.17) is 14.5 Å². The molecule has 3 aliphatic heterocycles. The Hall–Kier alpha value is -4.29. The number of benzene rings is 2. The van der Waals surface area contributed by atoms with Gasteiger partial charge < -0.3 is 35.0 Å². The van der Waals surface area contributed by atoms with E-state index in [1.165, 1.54) is 6.92 Å². The molecule has 1 spiro atoms. The number of esters is 1. The quantitative estimate of drug-likeness (QED) is 0.174. The number of hydrogen-bond donors (Lipinski definition) is 4. The molecule has 2 bridgehead atoms. The number of rotatable bonds is 5. The summed E-state index contributed by atoms with van der Waals surface area (Å²) < 4.78 is 12.0. The van der Waals surface area contributed by atoms with Crippen LogP contribution >= 0.6 is 0 Å². The van der Waals surface area contributed by atoms with Gasteiger partial charge in [0.2, 0.25) is 0 Å². The van der Waals surface area contributed by atoms with Crippen molar-refractivity contribution in [1.82, 2.24) is 4.90 Å². The van der Waals surface area contributed by atoms with Crippen LogP contribution in [0.3, 0.4) is 0 Å². The van der Waals surface area contributed by atoms with E-state index >= 15 is 0 Å². The number of Topliss-reactive ketones (excluding diaryl/α,β-unsaturated/α-hetero) is 1. The highest BCUT2D eigenvalue weighted by Gasteiger charge is 2.43. The molecule has 324 valence electrons. The predicted octanol–water partition coefficient (Wildman–Crippen LogP) is 7.61. The third-order valence-electron chi connectivity index (χ3n) is 13.3. The van der Waals surface area contributed by atoms with E-state index in [9.17, 15) is 29.7 Å². The largest absolute Gasteiger partial charge is 0.507 e. The molecule has 0 unspecified atom stereocenters. The SMILES string of the molecule is CCOc1c(C)c(O)c2c(O)c3c4c(c2c1C(=O)CCC[C@@H](C)[C@@H](OC(C)=O)[C@H](C)[C@H](O)[C@H](C)C[C@@H](C)/C=C/C=C(/C)C(=O)N=3)N[C@]1(CC[C@@H](CC)N(C)[C@@H](CC)C1)N=4. The van der Waals surface area contributed by atoms with Crippen LogP contribution in [0.4, 0.5) is 5.69 Å². The molecule has 1 saturated heterocycles. The van der Waals surface area contributed by atoms with Crippen LogP contribution in [0.25, 0.3) is 10.8 Å². The van der Waals surface area contributed by atoms with E-state index in [0.717, 1.165) is 19.3 Å². The normalized spacial score (nSPS) is 31.6. The third kappa shape index (κ3) is 9.38. The third-order valence-corrected chi connectivity index (χ3v) is 13.3. The number of nitrogens with zero attached hydrogens (tertiary/aromatic N) is 3. The molecule has 2 aromatic rings. The molecule has 12 heteroatoms. The number of phenols is 2. The highest BCUT2D eigenvalue weighted by molar-refractivity contribution is 6.18. The number of carbonyl (C=O) groups is 3. The second kappa shape index (κ2) is 19.0. The lowest BCUT2D eigenvalue weighted by molar-refractivity contribution is -0.156. The number of aliphatic hydroxyl groups excluding tert-OH is 1. The van der Waals surface area contributed by atoms with Crippen LogP contribution in [-0.4, -0.2) is 81.5 Å². The summed E-state index contributed by atoms with van der Waals surface area (Å²) in [7, 11) is 2.16. The Bertz CT molecular complexity index is 2110. The molecule has 4 N–H and O–H groups in total. The average Bonchev–Trinajstić information content (AvgIpc) is 3.50. The van der Waals surface area contributed by atoms with Crippen molar-refractivity contribution in [3.63, 3.8) is 0 Å². The van der Waals surface area contributed by atoms with E-state index < -0.39 is 35.5 Å². The van der Waals surface area contributed by atoms with E-state index in [2.05, 4.69) is 36.1 Å². The molecule has 3 heterocycles. The van der Waals surface area contributed by atoms with Gasteiger partial charge in [-0.3, -0.25) is 19.4 Å². The number of aliphatic hydroxyl groups is 1. The van der Waals surface area contributed by atoms with Gasteiger partial charge in [0.05, 0.1) is 29.3 Å². The van der Waals surface area contributed by atoms with Gasteiger partial charge in [0.25, 0.3) is 5.91 Å². The number of ether oxygens (including phenoxy) is 2. The first-order chi connectivity index (χ1) is 27.9. The fourth-order valence-corrected chi connectivity index (χ4v) is 9.85. The Balaban J connectivity index is 1.80. The summed E-state index contributed by atoms with van der Waals surface area (Å²) in [5.41, 5.74) is 0.398. The summed E-state index contributed by atoms with van der Waals surface area (Å²) in [6.07, 6.45) is 9.78. The molecule has 0 radical (unpaired) electrons. The second-order valence-electron chi connectivity index (χ2n) is 17.6. The standard InChI is InChI=1S/C47H68N4O8/c1-12-32-21-22-47(24-33(13-2)51(32)11)49-38-36-35-34(53)20-16-18-26(5)44(59-31(10)52)29(8)41(54)28(7)23-25(4)17-15-19-27(6)46(57)48-40(39(38)50-47)43(56)37(36)42(55)30(9)45(35)58-14-3/h15,17,19,25-26,28-29,32-33,41,44,49,54-56H,12-14,16,18,20-24H2,1-11H3/b17-15+,27-19-,48-40?/t25-,26+,28+,29+,32+,33-,41+,44+,47+/m0/s1. The summed E-state index contributed by atoms with van der Waals surface area (Å²) in [5.74, 6) is -2.41. The Kier molecular flexibility index (Phi) is 14.7. The van der Waals surface area contributed by atoms with Gasteiger partial charge in [0, 0.05) is 54.3 Å². The minimum Gasteiger partial charge on any atom is -0.507 e. The molecule has 0 saturated carbocycles. The van der Waals surface area contributed by atoms with Crippen LogP contribution < -0.4 is 20.8 Å². The van der Waals surface area contributed by atoms with Gasteiger partial charge in [0.15, 0.2) is 11.5 Å². The first-order valence-electron chi connectivity index (χ1n) is 21.8. The Morgan fingerprint density at radius 3 is 2.32 bits per heavy atom. The Morgan fingerprint density at radius 1 is 0.983 bits per heavy atom. The molecule has 3 aliphatic rings. The molecule has 0 aliphatic carbocycles. The maximum atomic E-state index is 14.8. The summed E-state index contributed by atoms with van der Waals surface area (Å²) in [4.78, 5) is 53.4. The number of aromatic hydroxyl groups is 2. The van der Waals surface area contributed by atoms with Crippen molar-refractivity contribution in [3.05, 3.63) is 45.6 Å². The van der Waals surface area contributed by atoms with Crippen LogP contribution in [0.15, 0.2) is 33.8 Å². The molecular formula is C47H68N4O8. The highest BCUT2D eigenvalue weighted by Crippen LogP contribution is 2.48. The highest BCUT2D eigenvalue weighted by atomic mass is 16.5. The number of anilines is 1. The van der Waals surface area contributed by atoms with Crippen LogP contribution in [0.1, 0.15) is 136 Å². The predicted molar refractivity (Wildman–Crippen MR) is 231 cm³/mol. The number of likely N-dealkylation sites (tertiary alicyclic amines) is 1. The lowest BCUT2D eigenvalue weighted by Gasteiger charge is -2.35. The molecular weight excluding hydrogens is 749 g/mol. The molecule has 1 fully saturated rings. The fraction of sp³-hybridized carbons (Fsp3) is 0.638. The topological polar surface area (TPSA) is 170 Å². The number of nitrogens with one attached hydrogen (secondary N) is 1. The average molecular weight is 817 g/mol. The zero-order valence-electron chi connectivity index (χ0n) is 37.1. The van der Waals surface area contributed by atoms with E-state index in [1.807, 2.05) is 40.7 Å². The van der Waals surface area contributed by atoms with Crippen molar-refractivity contribution in [3.8, 4) is 17.2 Å². The van der Waals surface area contributed by atoms with Gasteiger partial charge in [-0.05, 0) is 90.5 Å². The van der Waals surface area contributed by atoms with Crippen LogP contribution in [-0.2, 0) is 14.3 Å². The van der Waals surface area contributed by atoms with Gasteiger partial charge in [-0.2, -0.15) is 0 Å². The van der Waals surface area contributed by atoms with Crippen molar-refractivity contribution >= 4 is 34.1 Å². The lowest BCUT2D eigenvalue weighted by atomic mass is 9.79. The summed E-state index contributed by atoms with van der Waals surface area (Å²) in [6, 6.07) is 0.500. The molecule has 9 atom stereocenters. The Morgan fingerprint density at radius 2 is 1.68 bits per heavy atom. The summed E-state index contributed by atoms with van der Waals surface area (Å²) in [6.45, 7) is 18.9. The molecule has 1 amide bonds. The van der Waals surface area contributed by atoms with Crippen molar-refractivity contribution in [2.75, 3.05) is 19.0 Å². The van der Waals surface area contributed by atoms with Gasteiger partial charge in [-0.1, -0.05) is 59.8 Å². The monoisotopic (exact) mass is 817 g/mol. The maximum Gasteiger partial charge on any atom is 0.302 e. The van der Waals surface area contributed by atoms with Gasteiger partial charge in [-0.25, -0.2) is 4.99 Å². The first kappa shape index (κ1) is 45.8. The molecule has 59 heavy (non-hydrogen) atoms. The molecule has 0 aromatic heterocycles. The number of ketones is 1. The van der Waals surface area contributed by atoms with Gasteiger partial charge in [0.1, 0.15) is 34.0 Å². The van der Waals surface area contributed by atoms with Crippen molar-refractivity contribution in [2.45, 2.75) is 157 Å². The van der Waals surface area contributed by atoms with E-state index in [1.54, 1.807) is 26.0 Å². The zero-order chi connectivity index (χ0) is 43.5. The van der Waals surface area contributed by atoms with Crippen molar-refractivity contribution in [2.24, 2.45) is 33.7 Å². The summed E-state index contributed by atoms with van der Waals surface area (Å²) >= 11 is 0. The van der Waals surface area contributed by atoms with Crippen LogP contribution in [0.2, 0.25) is 0 Å². The number of phenolic OH excluding ortho intramolecular Hbond substituents is 2. The van der Waals surface area contributed by atoms with Gasteiger partial charge >= 0.3 is 5.97 Å². The summed E-state index contributed by atoms with van der Waals surface area (Å²) in [5, 5.41) is 39.9. The minimum atomic E-state index is -0.836. The molecule has 5 rings (SSSR count). The smallest absolute Gasteiger partial charge is 0.302 e. The second-order valence-corrected chi connectivity index (χ2v) is 17.6. The van der Waals surface area contributed by atoms with Gasteiger partial charge in [-0.15, -0.1) is 0 Å². The van der Waals surface area contributed by atoms with E-state index in [-0.39, 0.29) is 92.6 Å². The molecule has 2 aromatic carbocycles. The lowest BCUT2D eigenvalue weighted by Crippen LogP contribution is -2.41. The minimum absolute atomic E-state index is 0.00119. The number of allylic oxidation sites excluding steroid dienone is 3. The van der Waals surface area contributed by atoms with Crippen molar-refractivity contribution in [1.29, 1.82) is 0 Å². The number of amides is 1. The fourth-order valence-electron chi connectivity index (χ4n) is 9.85. The number of hydrogen-bond acceptors (Lipinski definition) is 11. The van der Waals surface area contributed by atoms with Crippen molar-refractivity contribution < 1.29 is 39.2 Å². The zero-order valence-corrected chi connectivity index (χ0v) is 37.1. The first-order valence-corrected chi connectivity index (χ1v) is 21.8. The maximum absolute atomic E-state index is 14.8. The van der Waals surface area contributed by atoms with Crippen LogP contribution in [0.5, 0.6) is 17.2 Å². The Labute approximate surface area is 349 Å². The van der Waals surface area contributed by atoms with Crippen LogP contribution in [0, 0.1) is 30.6 Å².